The van der Waals surface area contributed by atoms with Crippen molar-refractivity contribution >= 4 is 27.2 Å². The van der Waals surface area contributed by atoms with E-state index in [1.165, 1.54) is 0 Å². The summed E-state index contributed by atoms with van der Waals surface area (Å²) < 4.78 is 51.7. The molecule has 1 aromatic heterocycles. The van der Waals surface area contributed by atoms with E-state index in [0.717, 1.165) is 12.4 Å². The zero-order valence-corrected chi connectivity index (χ0v) is 11.2. The van der Waals surface area contributed by atoms with Crippen LogP contribution in [-0.2, 0) is 14.5 Å². The number of amides is 1. The number of alkyl halides is 3. The van der Waals surface area contributed by atoms with Crippen LogP contribution < -0.4 is 0 Å². The molecule has 0 aliphatic heterocycles. The summed E-state index contributed by atoms with van der Waals surface area (Å²) in [6, 6.07) is 0. The molecule has 0 aromatic carbocycles. The van der Waals surface area contributed by atoms with Crippen LogP contribution in [-0.4, -0.2) is 32.0 Å². The highest BCUT2D eigenvalue weighted by Crippen LogP contribution is 2.21. The molecule has 1 aromatic rings. The van der Waals surface area contributed by atoms with Crippen LogP contribution in [0.2, 0.25) is 5.28 Å². The fourth-order valence-electron chi connectivity index (χ4n) is 1.14. The predicted octanol–water partition coefficient (Wildman–Crippen LogP) is 2.46. The molecule has 1 atom stereocenters. The molecule has 0 aliphatic rings. The van der Waals surface area contributed by atoms with Crippen molar-refractivity contribution in [1.82, 2.24) is 9.97 Å². The molecule has 106 valence electrons. The summed E-state index contributed by atoms with van der Waals surface area (Å²) >= 11 is 5.42. The largest absolute Gasteiger partial charge is 0.474 e. The topological polar surface area (TPSA) is 72.3 Å². The van der Waals surface area contributed by atoms with Crippen LogP contribution in [0, 0.1) is 0 Å². The molecule has 0 saturated carbocycles. The third-order valence-corrected chi connectivity index (χ3v) is 4.48. The van der Waals surface area contributed by atoms with Crippen LogP contribution in [0.4, 0.5) is 13.2 Å². The Morgan fingerprint density at radius 1 is 1.42 bits per heavy atom. The molecule has 0 radical (unpaired) electrons. The molecule has 0 spiro atoms. The Labute approximate surface area is 112 Å². The van der Waals surface area contributed by atoms with Gasteiger partial charge in [-0.05, 0) is 18.0 Å². The molecule has 0 fully saturated rings. The fourth-order valence-corrected chi connectivity index (χ4v) is 3.03. The van der Waals surface area contributed by atoms with Crippen LogP contribution in [0.15, 0.2) is 21.7 Å². The van der Waals surface area contributed by atoms with E-state index in [2.05, 4.69) is 14.3 Å². The summed E-state index contributed by atoms with van der Waals surface area (Å²) in [5.74, 6) is -2.60. The van der Waals surface area contributed by atoms with E-state index >= 15 is 0 Å². The van der Waals surface area contributed by atoms with E-state index in [4.69, 9.17) is 11.6 Å². The van der Waals surface area contributed by atoms with Gasteiger partial charge in [0.2, 0.25) is 5.28 Å². The molecule has 19 heavy (non-hydrogen) atoms. The van der Waals surface area contributed by atoms with Gasteiger partial charge >= 0.3 is 12.1 Å². The number of nitrogens with zero attached hydrogens (tertiary/aromatic N) is 3. The second-order valence-corrected chi connectivity index (χ2v) is 6.11. The average Bonchev–Trinajstić information content (AvgIpc) is 2.28. The number of carbonyl (C=O) groups excluding carboxylic acids is 1. The first-order valence-electron chi connectivity index (χ1n) is 5.02. The lowest BCUT2D eigenvalue weighted by Crippen LogP contribution is -2.23. The first-order valence-corrected chi connectivity index (χ1v) is 7.09. The normalized spacial score (nSPS) is 14.8. The Kier molecular flexibility index (Phi) is 4.86. The molecular weight excluding hydrogens is 307 g/mol. The van der Waals surface area contributed by atoms with Crippen molar-refractivity contribution in [1.29, 1.82) is 0 Å². The summed E-state index contributed by atoms with van der Waals surface area (Å²) in [6.07, 6.45) is -2.89. The van der Waals surface area contributed by atoms with Crippen molar-refractivity contribution in [3.63, 3.8) is 0 Å². The van der Waals surface area contributed by atoms with Gasteiger partial charge in [0.15, 0.2) is 0 Å². The molecule has 1 heterocycles. The Bertz CT molecular complexity index is 579. The standard InChI is InChI=1S/C9H9ClF3N3O2S/c1-2-3-19(18,16-7(17)9(11,12)13)6-4-14-8(10)15-5-6/h4-5H,2-3H2,1H3. The van der Waals surface area contributed by atoms with Gasteiger partial charge in [-0.3, -0.25) is 4.79 Å². The van der Waals surface area contributed by atoms with E-state index in [1.807, 2.05) is 0 Å². The number of rotatable bonds is 3. The van der Waals surface area contributed by atoms with Gasteiger partial charge in [0, 0.05) is 18.1 Å². The quantitative estimate of drug-likeness (QED) is 0.803. The summed E-state index contributed by atoms with van der Waals surface area (Å²) in [4.78, 5) is 17.7. The van der Waals surface area contributed by atoms with E-state index in [1.54, 1.807) is 6.92 Å². The smallest absolute Gasteiger partial charge is 0.261 e. The number of aromatic nitrogens is 2. The number of hydrogen-bond acceptors (Lipinski definition) is 4. The molecule has 1 rings (SSSR count). The van der Waals surface area contributed by atoms with Crippen molar-refractivity contribution in [2.24, 2.45) is 4.36 Å². The highest BCUT2D eigenvalue weighted by atomic mass is 35.5. The van der Waals surface area contributed by atoms with Crippen molar-refractivity contribution in [3.8, 4) is 0 Å². The zero-order chi connectivity index (χ0) is 14.7. The van der Waals surface area contributed by atoms with E-state index in [0.29, 0.717) is 0 Å². The van der Waals surface area contributed by atoms with Crippen molar-refractivity contribution < 1.29 is 22.2 Å². The highest BCUT2D eigenvalue weighted by Gasteiger charge is 2.40. The Morgan fingerprint density at radius 2 is 1.95 bits per heavy atom. The van der Waals surface area contributed by atoms with Gasteiger partial charge < -0.3 is 0 Å². The molecule has 0 saturated heterocycles. The molecule has 0 aliphatic carbocycles. The first-order chi connectivity index (χ1) is 8.69. The van der Waals surface area contributed by atoms with Crippen LogP contribution in [0.5, 0.6) is 0 Å². The SMILES string of the molecule is CCCS(=O)(=NC(=O)C(F)(F)F)c1cnc(Cl)nc1. The molecule has 10 heteroatoms. The minimum absolute atomic E-state index is 0.149. The van der Waals surface area contributed by atoms with Gasteiger partial charge in [-0.25, -0.2) is 14.2 Å². The summed E-state index contributed by atoms with van der Waals surface area (Å²) in [7, 11) is -3.55. The monoisotopic (exact) mass is 315 g/mol. The lowest BCUT2D eigenvalue weighted by Gasteiger charge is -2.09. The first kappa shape index (κ1) is 15.8. The Hall–Kier alpha value is -1.22. The fraction of sp³-hybridized carbons (Fsp3) is 0.444. The lowest BCUT2D eigenvalue weighted by atomic mass is 10.6. The zero-order valence-electron chi connectivity index (χ0n) is 9.65. The van der Waals surface area contributed by atoms with Crippen LogP contribution in [0.25, 0.3) is 0 Å². The summed E-state index contributed by atoms with van der Waals surface area (Å²) in [5, 5.41) is -0.149. The average molecular weight is 316 g/mol. The van der Waals surface area contributed by atoms with Gasteiger partial charge in [0.05, 0.1) is 14.6 Å². The summed E-state index contributed by atoms with van der Waals surface area (Å²) in [5.41, 5.74) is 0. The van der Waals surface area contributed by atoms with E-state index in [9.17, 15) is 22.2 Å². The maximum Gasteiger partial charge on any atom is 0.474 e. The Morgan fingerprint density at radius 3 is 2.37 bits per heavy atom. The van der Waals surface area contributed by atoms with Gasteiger partial charge in [-0.1, -0.05) is 6.92 Å². The second-order valence-electron chi connectivity index (χ2n) is 3.43. The third-order valence-electron chi connectivity index (χ3n) is 1.92. The Balaban J connectivity index is 3.32. The van der Waals surface area contributed by atoms with Crippen LogP contribution >= 0.6 is 11.6 Å². The lowest BCUT2D eigenvalue weighted by molar-refractivity contribution is -0.169. The second kappa shape index (κ2) is 5.83. The van der Waals surface area contributed by atoms with Crippen molar-refractivity contribution in [2.45, 2.75) is 24.4 Å². The number of halogens is 4. The van der Waals surface area contributed by atoms with Gasteiger partial charge in [-0.2, -0.15) is 13.2 Å². The minimum Gasteiger partial charge on any atom is -0.261 e. The summed E-state index contributed by atoms with van der Waals surface area (Å²) in [6.45, 7) is 1.60. The third kappa shape index (κ3) is 4.13. The predicted molar refractivity (Wildman–Crippen MR) is 62.1 cm³/mol. The van der Waals surface area contributed by atoms with E-state index < -0.39 is 21.8 Å². The van der Waals surface area contributed by atoms with Gasteiger partial charge in [-0.15, -0.1) is 4.36 Å². The highest BCUT2D eigenvalue weighted by molar-refractivity contribution is 7.94. The molecule has 1 unspecified atom stereocenters. The molecule has 1 amide bonds. The molecule has 0 N–H and O–H groups in total. The van der Waals surface area contributed by atoms with E-state index in [-0.39, 0.29) is 22.4 Å². The van der Waals surface area contributed by atoms with Crippen LogP contribution in [0.3, 0.4) is 0 Å². The maximum absolute atomic E-state index is 12.3. The molecular formula is C9H9ClF3N3O2S. The molecule has 5 nitrogen and oxygen atoms in total. The number of carbonyl (C=O) groups is 1. The maximum atomic E-state index is 12.3. The van der Waals surface area contributed by atoms with Crippen molar-refractivity contribution in [3.05, 3.63) is 17.7 Å². The van der Waals surface area contributed by atoms with Crippen LogP contribution in [0.1, 0.15) is 13.3 Å². The minimum atomic E-state index is -5.16. The molecule has 0 bridgehead atoms. The van der Waals surface area contributed by atoms with Gasteiger partial charge in [0.25, 0.3) is 0 Å². The van der Waals surface area contributed by atoms with Crippen molar-refractivity contribution in [2.75, 3.05) is 5.75 Å². The van der Waals surface area contributed by atoms with Gasteiger partial charge in [0.1, 0.15) is 0 Å². The number of hydrogen-bond donors (Lipinski definition) is 0.